The Balaban J connectivity index is 1.98. The van der Waals surface area contributed by atoms with E-state index in [4.69, 9.17) is 16.7 Å². The molecule has 1 atom stereocenters. The van der Waals surface area contributed by atoms with Gasteiger partial charge in [0.1, 0.15) is 6.04 Å². The molecule has 148 valence electrons. The number of nitrogens with one attached hydrogen (secondary N) is 2. The molecule has 0 saturated heterocycles. The van der Waals surface area contributed by atoms with Crippen LogP contribution < -0.4 is 10.6 Å². The van der Waals surface area contributed by atoms with Gasteiger partial charge in [-0.1, -0.05) is 57.9 Å². The van der Waals surface area contributed by atoms with Gasteiger partial charge >= 0.3 is 5.97 Å². The van der Waals surface area contributed by atoms with E-state index in [9.17, 15) is 14.4 Å². The average molecular weight is 468 g/mol. The topological polar surface area (TPSA) is 95.5 Å². The Hall–Kier alpha value is -2.38. The van der Waals surface area contributed by atoms with Crippen LogP contribution in [0.3, 0.4) is 0 Å². The van der Waals surface area contributed by atoms with Crippen molar-refractivity contribution in [2.24, 2.45) is 0 Å². The van der Waals surface area contributed by atoms with Crippen LogP contribution >= 0.6 is 27.5 Å². The van der Waals surface area contributed by atoms with Gasteiger partial charge in [-0.3, -0.25) is 14.4 Å². The fourth-order valence-electron chi connectivity index (χ4n) is 2.52. The van der Waals surface area contributed by atoms with E-state index in [2.05, 4.69) is 26.6 Å². The van der Waals surface area contributed by atoms with Gasteiger partial charge in [0.15, 0.2) is 0 Å². The van der Waals surface area contributed by atoms with Crippen LogP contribution in [0.4, 0.5) is 0 Å². The molecule has 0 unspecified atom stereocenters. The summed E-state index contributed by atoms with van der Waals surface area (Å²) in [7, 11) is 0. The highest BCUT2D eigenvalue weighted by molar-refractivity contribution is 9.10. The summed E-state index contributed by atoms with van der Waals surface area (Å²) in [5.41, 5.74) is 1.52. The molecule has 0 aliphatic carbocycles. The summed E-state index contributed by atoms with van der Waals surface area (Å²) in [6.07, 6.45) is -0.146. The molecule has 2 rings (SSSR count). The summed E-state index contributed by atoms with van der Waals surface area (Å²) in [4.78, 5) is 35.7. The minimum atomic E-state index is -1.04. The van der Waals surface area contributed by atoms with E-state index in [0.717, 1.165) is 15.6 Å². The lowest BCUT2D eigenvalue weighted by atomic mass is 10.1. The van der Waals surface area contributed by atoms with Crippen LogP contribution in [0, 0.1) is 0 Å². The Bertz CT molecular complexity index is 842. The zero-order valence-corrected chi connectivity index (χ0v) is 17.3. The Morgan fingerprint density at radius 3 is 2.39 bits per heavy atom. The number of rotatable bonds is 9. The summed E-state index contributed by atoms with van der Waals surface area (Å²) in [5, 5.41) is 14.8. The van der Waals surface area contributed by atoms with E-state index in [1.54, 1.807) is 36.4 Å². The molecule has 2 aromatic rings. The smallest absolute Gasteiger partial charge is 0.303 e. The monoisotopic (exact) mass is 466 g/mol. The number of halogens is 2. The van der Waals surface area contributed by atoms with E-state index in [1.807, 2.05) is 12.1 Å². The second kappa shape index (κ2) is 10.8. The second-order valence-corrected chi connectivity index (χ2v) is 7.49. The molecule has 2 aromatic carbocycles. The molecule has 3 N–H and O–H groups in total. The molecule has 0 aliphatic heterocycles. The van der Waals surface area contributed by atoms with Crippen LogP contribution in [0.15, 0.2) is 53.0 Å². The molecule has 0 fully saturated rings. The Morgan fingerprint density at radius 1 is 1.07 bits per heavy atom. The number of aliphatic carboxylic acids is 1. The number of benzene rings is 2. The number of carbonyl (C=O) groups excluding carboxylic acids is 2. The maximum Gasteiger partial charge on any atom is 0.303 e. The summed E-state index contributed by atoms with van der Waals surface area (Å²) in [6, 6.07) is 13.4. The first-order chi connectivity index (χ1) is 13.3. The van der Waals surface area contributed by atoms with Gasteiger partial charge in [-0.2, -0.15) is 0 Å². The van der Waals surface area contributed by atoms with Gasteiger partial charge in [-0.25, -0.2) is 0 Å². The van der Waals surface area contributed by atoms with Crippen molar-refractivity contribution in [2.45, 2.75) is 31.8 Å². The highest BCUT2D eigenvalue weighted by Gasteiger charge is 2.22. The highest BCUT2D eigenvalue weighted by Crippen LogP contribution is 2.14. The van der Waals surface area contributed by atoms with Crippen LogP contribution in [-0.4, -0.2) is 28.9 Å². The normalized spacial score (nSPS) is 11.5. The molecule has 28 heavy (non-hydrogen) atoms. The van der Waals surface area contributed by atoms with Crippen molar-refractivity contribution in [3.63, 3.8) is 0 Å². The number of carbonyl (C=O) groups is 3. The molecule has 0 spiro atoms. The largest absolute Gasteiger partial charge is 0.481 e. The summed E-state index contributed by atoms with van der Waals surface area (Å²) in [5.74, 6) is -1.85. The van der Waals surface area contributed by atoms with Crippen LogP contribution in [0.5, 0.6) is 0 Å². The molecule has 0 saturated carbocycles. The zero-order valence-electron chi connectivity index (χ0n) is 15.0. The maximum atomic E-state index is 12.5. The number of hydrogen-bond donors (Lipinski definition) is 3. The van der Waals surface area contributed by atoms with E-state index in [0.29, 0.717) is 5.02 Å². The van der Waals surface area contributed by atoms with Crippen molar-refractivity contribution in [3.05, 3.63) is 69.2 Å². The molecule has 0 radical (unpaired) electrons. The SMILES string of the molecule is O=C(O)CC[C@H](NC(=O)Cc1ccc(Br)cc1)C(=O)NCc1ccccc1Cl. The van der Waals surface area contributed by atoms with E-state index >= 15 is 0 Å². The maximum absolute atomic E-state index is 12.5. The van der Waals surface area contributed by atoms with Gasteiger partial charge in [-0.05, 0) is 35.7 Å². The predicted octanol–water partition coefficient (Wildman–Crippen LogP) is 3.31. The molecule has 6 nitrogen and oxygen atoms in total. The first-order valence-corrected chi connectivity index (χ1v) is 9.79. The molecule has 0 aromatic heterocycles. The van der Waals surface area contributed by atoms with Crippen LogP contribution in [0.2, 0.25) is 5.02 Å². The summed E-state index contributed by atoms with van der Waals surface area (Å²) < 4.78 is 0.898. The fraction of sp³-hybridized carbons (Fsp3) is 0.250. The van der Waals surface area contributed by atoms with Crippen LogP contribution in [0.25, 0.3) is 0 Å². The van der Waals surface area contributed by atoms with E-state index < -0.39 is 17.9 Å². The lowest BCUT2D eigenvalue weighted by Crippen LogP contribution is -2.47. The molecule has 0 aliphatic rings. The van der Waals surface area contributed by atoms with Gasteiger partial charge in [0, 0.05) is 22.5 Å². The first kappa shape index (κ1) is 21.9. The Kier molecular flexibility index (Phi) is 8.47. The van der Waals surface area contributed by atoms with Gasteiger partial charge in [-0.15, -0.1) is 0 Å². The third-order valence-corrected chi connectivity index (χ3v) is 4.88. The molecular weight excluding hydrogens is 448 g/mol. The second-order valence-electron chi connectivity index (χ2n) is 6.16. The van der Waals surface area contributed by atoms with E-state index in [1.165, 1.54) is 0 Å². The van der Waals surface area contributed by atoms with E-state index in [-0.39, 0.29) is 31.7 Å². The van der Waals surface area contributed by atoms with Crippen molar-refractivity contribution in [3.8, 4) is 0 Å². The van der Waals surface area contributed by atoms with Crippen molar-refractivity contribution < 1.29 is 19.5 Å². The van der Waals surface area contributed by atoms with Crippen molar-refractivity contribution in [1.82, 2.24) is 10.6 Å². The van der Waals surface area contributed by atoms with Crippen molar-refractivity contribution in [2.75, 3.05) is 0 Å². The highest BCUT2D eigenvalue weighted by atomic mass is 79.9. The van der Waals surface area contributed by atoms with Crippen molar-refractivity contribution in [1.29, 1.82) is 0 Å². The molecule has 0 heterocycles. The molecule has 2 amide bonds. The Morgan fingerprint density at radius 2 is 1.75 bits per heavy atom. The van der Waals surface area contributed by atoms with Gasteiger partial charge in [0.2, 0.25) is 11.8 Å². The summed E-state index contributed by atoms with van der Waals surface area (Å²) in [6.45, 7) is 0.185. The van der Waals surface area contributed by atoms with Crippen LogP contribution in [0.1, 0.15) is 24.0 Å². The third-order valence-electron chi connectivity index (χ3n) is 3.99. The van der Waals surface area contributed by atoms with Gasteiger partial charge in [0.05, 0.1) is 6.42 Å². The van der Waals surface area contributed by atoms with Gasteiger partial charge in [0.25, 0.3) is 0 Å². The van der Waals surface area contributed by atoms with Crippen molar-refractivity contribution >= 4 is 45.3 Å². The Labute approximate surface area is 176 Å². The number of carboxylic acid groups (broad SMARTS) is 1. The zero-order chi connectivity index (χ0) is 20.5. The number of carboxylic acids is 1. The fourth-order valence-corrected chi connectivity index (χ4v) is 2.98. The number of amides is 2. The molecular formula is C20H20BrClN2O4. The minimum absolute atomic E-state index is 0.00420. The minimum Gasteiger partial charge on any atom is -0.481 e. The summed E-state index contributed by atoms with van der Waals surface area (Å²) >= 11 is 9.40. The molecule has 0 bridgehead atoms. The quantitative estimate of drug-likeness (QED) is 0.527. The lowest BCUT2D eigenvalue weighted by molar-refractivity contribution is -0.138. The third kappa shape index (κ3) is 7.32. The van der Waals surface area contributed by atoms with Crippen LogP contribution in [-0.2, 0) is 27.3 Å². The van der Waals surface area contributed by atoms with Gasteiger partial charge < -0.3 is 15.7 Å². The lowest BCUT2D eigenvalue weighted by Gasteiger charge is -2.18. The average Bonchev–Trinajstić information content (AvgIpc) is 2.66. The standard InChI is InChI=1S/C20H20BrClN2O4/c21-15-7-5-13(6-8-15)11-18(25)24-17(9-10-19(26)27)20(28)23-12-14-3-1-2-4-16(14)22/h1-8,17H,9-12H2,(H,23,28)(H,24,25)(H,26,27)/t17-/m0/s1. The predicted molar refractivity (Wildman–Crippen MR) is 110 cm³/mol. The number of hydrogen-bond acceptors (Lipinski definition) is 3. The molecule has 8 heteroatoms. The first-order valence-electron chi connectivity index (χ1n) is 8.62.